The monoisotopic (exact) mass is 864 g/mol. The molecule has 0 atom stereocenters. The van der Waals surface area contributed by atoms with Crippen LogP contribution in [0.25, 0.3) is 23.3 Å². The summed E-state index contributed by atoms with van der Waals surface area (Å²) in [7, 11) is -5.83. The summed E-state index contributed by atoms with van der Waals surface area (Å²) in [6.07, 6.45) is 4.08. The highest BCUT2D eigenvalue weighted by Gasteiger charge is 2.38. The summed E-state index contributed by atoms with van der Waals surface area (Å²) in [4.78, 5) is 4.54. The van der Waals surface area contributed by atoms with Crippen molar-refractivity contribution in [3.63, 3.8) is 0 Å². The van der Waals surface area contributed by atoms with Crippen molar-refractivity contribution < 1.29 is 26.6 Å². The lowest BCUT2D eigenvalue weighted by molar-refractivity contribution is 0.0837. The Kier molecular flexibility index (Phi) is 17.2. The van der Waals surface area contributed by atoms with Gasteiger partial charge in [0.1, 0.15) is 0 Å². The second-order valence-corrected chi connectivity index (χ2v) is 18.9. The highest BCUT2D eigenvalue weighted by Crippen LogP contribution is 2.38. The first kappa shape index (κ1) is 46.1. The summed E-state index contributed by atoms with van der Waals surface area (Å²) in [5.41, 5.74) is 14.7. The first-order valence-electron chi connectivity index (χ1n) is 21.7. The minimum absolute atomic E-state index is 0.525. The van der Waals surface area contributed by atoms with Crippen LogP contribution < -0.4 is 9.80 Å². The van der Waals surface area contributed by atoms with E-state index in [0.717, 1.165) is 56.4 Å². The molecule has 0 aliphatic rings. The molecule has 0 aliphatic carbocycles. The molecule has 0 spiro atoms. The van der Waals surface area contributed by atoms with Crippen molar-refractivity contribution in [2.75, 3.05) is 49.4 Å². The molecule has 8 nitrogen and oxygen atoms in total. The summed E-state index contributed by atoms with van der Waals surface area (Å²) < 4.78 is 36.2. The van der Waals surface area contributed by atoms with E-state index in [2.05, 4.69) is 155 Å². The van der Waals surface area contributed by atoms with Crippen molar-refractivity contribution in [3.05, 3.63) is 180 Å². The van der Waals surface area contributed by atoms with Crippen LogP contribution in [-0.2, 0) is 26.6 Å². The van der Waals surface area contributed by atoms with Crippen molar-refractivity contribution in [2.24, 2.45) is 0 Å². The lowest BCUT2D eigenvalue weighted by Gasteiger charge is -2.26. The molecule has 0 unspecified atom stereocenters. The van der Waals surface area contributed by atoms with Crippen LogP contribution in [0.5, 0.6) is 0 Å². The van der Waals surface area contributed by atoms with Crippen LogP contribution in [0.15, 0.2) is 169 Å². The second kappa shape index (κ2) is 23.2. The van der Waals surface area contributed by atoms with Gasteiger partial charge in [-0.15, -0.1) is 0 Å². The van der Waals surface area contributed by atoms with Crippen molar-refractivity contribution in [2.45, 2.75) is 41.5 Å². The lowest BCUT2D eigenvalue weighted by atomic mass is 10.0. The van der Waals surface area contributed by atoms with Crippen LogP contribution in [0.3, 0.4) is 0 Å². The number of rotatable bonds is 23. The molecule has 0 fully saturated rings. The zero-order valence-corrected chi connectivity index (χ0v) is 38.9. The van der Waals surface area contributed by atoms with Gasteiger partial charge in [0, 0.05) is 73.8 Å². The molecule has 6 aromatic rings. The van der Waals surface area contributed by atoms with Crippen molar-refractivity contribution in [1.82, 2.24) is 0 Å². The molecule has 62 heavy (non-hydrogen) atoms. The predicted octanol–water partition coefficient (Wildman–Crippen LogP) is 13.5. The Morgan fingerprint density at radius 3 is 0.823 bits per heavy atom. The SMILES string of the molecule is CCO[Si](/C=C/c1ccc(N(c2ccccc2)c2ccc(-c3ccc(N(c4ccccc4)c4ccc(/C=C/[Si](OCC)(OCC)OCC)cc4)cc3)cc2)cc1)(OCC)OCC. The minimum atomic E-state index is -2.91. The molecular weight excluding hydrogens is 805 g/mol. The molecule has 0 aromatic heterocycles. The van der Waals surface area contributed by atoms with Gasteiger partial charge in [-0.3, -0.25) is 0 Å². The number of hydrogen-bond donors (Lipinski definition) is 0. The maximum atomic E-state index is 6.03. The van der Waals surface area contributed by atoms with Gasteiger partial charge in [0.05, 0.1) is 0 Å². The fourth-order valence-electron chi connectivity index (χ4n) is 7.27. The van der Waals surface area contributed by atoms with Crippen LogP contribution >= 0.6 is 0 Å². The number of para-hydroxylation sites is 2. The van der Waals surface area contributed by atoms with Crippen LogP contribution in [0.2, 0.25) is 0 Å². The van der Waals surface area contributed by atoms with Gasteiger partial charge in [0.2, 0.25) is 0 Å². The molecule has 0 amide bonds. The average molecular weight is 865 g/mol. The molecule has 322 valence electrons. The van der Waals surface area contributed by atoms with Gasteiger partial charge >= 0.3 is 17.6 Å². The summed E-state index contributed by atoms with van der Waals surface area (Å²) in [6.45, 7) is 14.9. The Morgan fingerprint density at radius 2 is 0.565 bits per heavy atom. The topological polar surface area (TPSA) is 61.9 Å². The summed E-state index contributed by atoms with van der Waals surface area (Å²) in [5, 5.41) is 0. The summed E-state index contributed by atoms with van der Waals surface area (Å²) in [6, 6.07) is 55.5. The van der Waals surface area contributed by atoms with Crippen LogP contribution in [0.1, 0.15) is 52.7 Å². The predicted molar refractivity (Wildman–Crippen MR) is 261 cm³/mol. The Morgan fingerprint density at radius 1 is 0.323 bits per heavy atom. The largest absolute Gasteiger partial charge is 0.529 e. The van der Waals surface area contributed by atoms with Crippen LogP contribution in [0, 0.1) is 0 Å². The minimum Gasteiger partial charge on any atom is -0.371 e. The van der Waals surface area contributed by atoms with E-state index in [1.807, 2.05) is 77.2 Å². The normalized spacial score (nSPS) is 12.0. The van der Waals surface area contributed by atoms with Gasteiger partial charge < -0.3 is 36.4 Å². The molecule has 0 radical (unpaired) electrons. The van der Waals surface area contributed by atoms with Crippen LogP contribution in [-0.4, -0.2) is 57.3 Å². The summed E-state index contributed by atoms with van der Waals surface area (Å²) >= 11 is 0. The molecule has 10 heteroatoms. The first-order valence-corrected chi connectivity index (χ1v) is 25.3. The third-order valence-corrected chi connectivity index (χ3v) is 15.2. The molecule has 6 aromatic carbocycles. The molecule has 0 bridgehead atoms. The van der Waals surface area contributed by atoms with E-state index in [0.29, 0.717) is 39.6 Å². The third kappa shape index (κ3) is 11.9. The third-order valence-electron chi connectivity index (χ3n) is 9.95. The molecule has 0 heterocycles. The van der Waals surface area contributed by atoms with Gasteiger partial charge in [-0.05, 0) is 148 Å². The van der Waals surface area contributed by atoms with Gasteiger partial charge in [0.25, 0.3) is 0 Å². The van der Waals surface area contributed by atoms with E-state index in [1.54, 1.807) is 0 Å². The first-order chi connectivity index (χ1) is 30.4. The van der Waals surface area contributed by atoms with Crippen molar-refractivity contribution >= 4 is 63.9 Å². The number of hydrogen-bond acceptors (Lipinski definition) is 8. The summed E-state index contributed by atoms with van der Waals surface area (Å²) in [5.74, 6) is 0. The standard InChI is InChI=1S/C52H60N2O6Si2/c1-7-55-61(56-8-2,57-9-3)41-39-43-23-31-49(32-24-43)53(47-19-15-13-16-20-47)51-35-27-45(28-36-51)46-29-37-52(38-30-46)54(48-21-17-14-18-22-48)50-33-25-44(26-34-50)40-42-62(58-10-4,59-11-5)60-12-6/h13-42H,7-12H2,1-6H3/b41-39+,42-40+. The van der Waals surface area contributed by atoms with Crippen molar-refractivity contribution in [3.8, 4) is 11.1 Å². The highest BCUT2D eigenvalue weighted by atomic mass is 28.4. The Balaban J connectivity index is 1.24. The zero-order chi connectivity index (χ0) is 43.6. The molecule has 0 N–H and O–H groups in total. The van der Waals surface area contributed by atoms with E-state index in [4.69, 9.17) is 26.6 Å². The van der Waals surface area contributed by atoms with E-state index < -0.39 is 17.6 Å². The fraction of sp³-hybridized carbons (Fsp3) is 0.231. The average Bonchev–Trinajstić information content (AvgIpc) is 3.30. The Bertz CT molecular complexity index is 2070. The Hall–Kier alpha value is -5.41. The molecule has 0 aliphatic heterocycles. The smallest absolute Gasteiger partial charge is 0.371 e. The highest BCUT2D eigenvalue weighted by molar-refractivity contribution is 6.67. The van der Waals surface area contributed by atoms with Gasteiger partial charge in [-0.2, -0.15) is 0 Å². The van der Waals surface area contributed by atoms with E-state index in [-0.39, 0.29) is 0 Å². The molecular formula is C52H60N2O6Si2. The van der Waals surface area contributed by atoms with Gasteiger partial charge in [-0.25, -0.2) is 0 Å². The zero-order valence-electron chi connectivity index (χ0n) is 36.9. The number of nitrogens with zero attached hydrogens (tertiary/aromatic N) is 2. The number of benzene rings is 6. The molecule has 0 saturated carbocycles. The molecule has 0 saturated heterocycles. The quantitative estimate of drug-likeness (QED) is 0.0590. The lowest BCUT2D eigenvalue weighted by Crippen LogP contribution is -2.44. The molecule has 6 rings (SSSR count). The number of anilines is 6. The fourth-order valence-corrected chi connectivity index (χ4v) is 11.6. The van der Waals surface area contributed by atoms with E-state index in [9.17, 15) is 0 Å². The Labute approximate surface area is 371 Å². The van der Waals surface area contributed by atoms with Crippen LogP contribution in [0.4, 0.5) is 34.1 Å². The van der Waals surface area contributed by atoms with E-state index in [1.165, 1.54) is 0 Å². The second-order valence-electron chi connectivity index (χ2n) is 14.1. The maximum absolute atomic E-state index is 6.03. The van der Waals surface area contributed by atoms with E-state index >= 15 is 0 Å². The van der Waals surface area contributed by atoms with Crippen molar-refractivity contribution in [1.29, 1.82) is 0 Å². The van der Waals surface area contributed by atoms with Gasteiger partial charge in [0.15, 0.2) is 0 Å². The maximum Gasteiger partial charge on any atom is 0.529 e. The van der Waals surface area contributed by atoms with Gasteiger partial charge in [-0.1, -0.05) is 97.1 Å².